The summed E-state index contributed by atoms with van der Waals surface area (Å²) in [6.07, 6.45) is 3.35. The van der Waals surface area contributed by atoms with Gasteiger partial charge in [-0.05, 0) is 24.6 Å². The molecular weight excluding hydrogens is 266 g/mol. The van der Waals surface area contributed by atoms with Crippen LogP contribution in [0.3, 0.4) is 0 Å². The minimum Gasteiger partial charge on any atom is -0.334 e. The Hall–Kier alpha value is -2.89. The summed E-state index contributed by atoms with van der Waals surface area (Å²) in [5, 5.41) is 13.3. The summed E-state index contributed by atoms with van der Waals surface area (Å²) in [5.41, 5.74) is 3.68. The molecule has 0 unspecified atom stereocenters. The van der Waals surface area contributed by atoms with Gasteiger partial charge in [-0.1, -0.05) is 29.8 Å². The van der Waals surface area contributed by atoms with Crippen LogP contribution in [-0.4, -0.2) is 20.6 Å². The second-order valence-electron chi connectivity index (χ2n) is 4.81. The predicted molar refractivity (Wildman–Crippen MR) is 80.0 cm³/mol. The molecule has 0 radical (unpaired) electrons. The van der Waals surface area contributed by atoms with Crippen molar-refractivity contribution in [3.63, 3.8) is 0 Å². The molecule has 0 saturated carbocycles. The fourth-order valence-corrected chi connectivity index (χ4v) is 1.96. The number of aryl methyl sites for hydroxylation is 1. The summed E-state index contributed by atoms with van der Waals surface area (Å²) in [5.74, 6) is 0. The lowest BCUT2D eigenvalue weighted by Crippen LogP contribution is -2.28. The van der Waals surface area contributed by atoms with Gasteiger partial charge in [0.2, 0.25) is 0 Å². The number of anilines is 1. The standard InChI is InChI=1S/C15H15N5O/c1-11-2-4-12(5-3-11)8-16-15(21)18-13-6-7-14-19-17-10-20(14)9-13/h2-7,9-10H,8H2,1H3,(H2,16,18,21). The molecule has 0 aliphatic heterocycles. The first kappa shape index (κ1) is 13.1. The first-order valence-electron chi connectivity index (χ1n) is 6.60. The molecule has 6 heteroatoms. The monoisotopic (exact) mass is 281 g/mol. The normalized spacial score (nSPS) is 10.5. The molecule has 2 aromatic heterocycles. The first-order valence-corrected chi connectivity index (χ1v) is 6.60. The van der Waals surface area contributed by atoms with Crippen LogP contribution in [0, 0.1) is 6.92 Å². The van der Waals surface area contributed by atoms with E-state index in [2.05, 4.69) is 20.8 Å². The van der Waals surface area contributed by atoms with Gasteiger partial charge >= 0.3 is 6.03 Å². The van der Waals surface area contributed by atoms with Gasteiger partial charge in [0.05, 0.1) is 5.69 Å². The molecule has 0 saturated heterocycles. The summed E-state index contributed by atoms with van der Waals surface area (Å²) >= 11 is 0. The van der Waals surface area contributed by atoms with Crippen LogP contribution in [0.5, 0.6) is 0 Å². The Balaban J connectivity index is 1.59. The van der Waals surface area contributed by atoms with Crippen molar-refractivity contribution < 1.29 is 4.79 Å². The molecule has 1 aromatic carbocycles. The number of aromatic nitrogens is 3. The number of nitrogens with one attached hydrogen (secondary N) is 2. The van der Waals surface area contributed by atoms with Crippen molar-refractivity contribution in [1.82, 2.24) is 19.9 Å². The molecule has 0 atom stereocenters. The zero-order chi connectivity index (χ0) is 14.7. The molecule has 3 aromatic rings. The first-order chi connectivity index (χ1) is 10.2. The van der Waals surface area contributed by atoms with Crippen LogP contribution in [0.1, 0.15) is 11.1 Å². The average Bonchev–Trinajstić information content (AvgIpc) is 2.94. The highest BCUT2D eigenvalue weighted by Gasteiger charge is 2.03. The summed E-state index contributed by atoms with van der Waals surface area (Å²) in [6.45, 7) is 2.52. The third-order valence-electron chi connectivity index (χ3n) is 3.12. The molecular formula is C15H15N5O. The van der Waals surface area contributed by atoms with Gasteiger partial charge in [0.25, 0.3) is 0 Å². The van der Waals surface area contributed by atoms with Crippen LogP contribution in [0.25, 0.3) is 5.65 Å². The second-order valence-corrected chi connectivity index (χ2v) is 4.81. The van der Waals surface area contributed by atoms with Crippen LogP contribution in [0.2, 0.25) is 0 Å². The van der Waals surface area contributed by atoms with E-state index >= 15 is 0 Å². The lowest BCUT2D eigenvalue weighted by molar-refractivity contribution is 0.251. The molecule has 2 N–H and O–H groups in total. The van der Waals surface area contributed by atoms with E-state index in [0.717, 1.165) is 11.2 Å². The number of carbonyl (C=O) groups is 1. The van der Waals surface area contributed by atoms with Gasteiger partial charge in [-0.15, -0.1) is 10.2 Å². The highest BCUT2D eigenvalue weighted by atomic mass is 16.2. The number of fused-ring (bicyclic) bond motifs is 1. The van der Waals surface area contributed by atoms with E-state index < -0.39 is 0 Å². The van der Waals surface area contributed by atoms with E-state index in [-0.39, 0.29) is 6.03 Å². The minimum atomic E-state index is -0.247. The third kappa shape index (κ3) is 3.17. The van der Waals surface area contributed by atoms with Crippen molar-refractivity contribution in [2.75, 3.05) is 5.32 Å². The van der Waals surface area contributed by atoms with Crippen molar-refractivity contribution in [1.29, 1.82) is 0 Å². The number of rotatable bonds is 3. The molecule has 2 amide bonds. The van der Waals surface area contributed by atoms with E-state index in [1.165, 1.54) is 5.56 Å². The molecule has 106 valence electrons. The zero-order valence-corrected chi connectivity index (χ0v) is 11.6. The maximum atomic E-state index is 11.9. The van der Waals surface area contributed by atoms with Crippen molar-refractivity contribution in [2.24, 2.45) is 0 Å². The van der Waals surface area contributed by atoms with Crippen molar-refractivity contribution >= 4 is 17.4 Å². The van der Waals surface area contributed by atoms with E-state index in [1.807, 2.05) is 31.2 Å². The van der Waals surface area contributed by atoms with Gasteiger partial charge in [0.15, 0.2) is 5.65 Å². The van der Waals surface area contributed by atoms with Gasteiger partial charge < -0.3 is 10.6 Å². The Morgan fingerprint density at radius 1 is 1.19 bits per heavy atom. The molecule has 2 heterocycles. The topological polar surface area (TPSA) is 71.3 Å². The van der Waals surface area contributed by atoms with Crippen LogP contribution in [-0.2, 0) is 6.54 Å². The Morgan fingerprint density at radius 3 is 2.81 bits per heavy atom. The summed E-state index contributed by atoms with van der Waals surface area (Å²) in [7, 11) is 0. The fourth-order valence-electron chi connectivity index (χ4n) is 1.96. The van der Waals surface area contributed by atoms with Crippen molar-refractivity contribution in [3.05, 3.63) is 60.0 Å². The number of nitrogens with zero attached hydrogens (tertiary/aromatic N) is 3. The molecule has 0 aliphatic carbocycles. The predicted octanol–water partition coefficient (Wildman–Crippen LogP) is 2.36. The average molecular weight is 281 g/mol. The van der Waals surface area contributed by atoms with Gasteiger partial charge in [-0.25, -0.2) is 4.79 Å². The van der Waals surface area contributed by atoms with Crippen molar-refractivity contribution in [3.8, 4) is 0 Å². The molecule has 0 spiro atoms. The lowest BCUT2D eigenvalue weighted by Gasteiger charge is -2.08. The molecule has 6 nitrogen and oxygen atoms in total. The van der Waals surface area contributed by atoms with Crippen molar-refractivity contribution in [2.45, 2.75) is 13.5 Å². The van der Waals surface area contributed by atoms with E-state index in [0.29, 0.717) is 12.2 Å². The highest BCUT2D eigenvalue weighted by Crippen LogP contribution is 2.08. The Kier molecular flexibility index (Phi) is 3.51. The molecule has 0 aliphatic rings. The smallest absolute Gasteiger partial charge is 0.319 e. The zero-order valence-electron chi connectivity index (χ0n) is 11.6. The number of pyridine rings is 1. The highest BCUT2D eigenvalue weighted by molar-refractivity contribution is 5.89. The Labute approximate surface area is 121 Å². The molecule has 21 heavy (non-hydrogen) atoms. The lowest BCUT2D eigenvalue weighted by atomic mass is 10.1. The quantitative estimate of drug-likeness (QED) is 0.774. The Morgan fingerprint density at radius 2 is 2.00 bits per heavy atom. The van der Waals surface area contributed by atoms with E-state index in [4.69, 9.17) is 0 Å². The number of hydrogen-bond donors (Lipinski definition) is 2. The number of carbonyl (C=O) groups excluding carboxylic acids is 1. The number of amides is 2. The van der Waals surface area contributed by atoms with Crippen LogP contribution >= 0.6 is 0 Å². The Bertz CT molecular complexity index is 763. The van der Waals surface area contributed by atoms with E-state index in [9.17, 15) is 4.79 Å². The second kappa shape index (κ2) is 5.62. The van der Waals surface area contributed by atoms with E-state index in [1.54, 1.807) is 29.1 Å². The largest absolute Gasteiger partial charge is 0.334 e. The summed E-state index contributed by atoms with van der Waals surface area (Å²) in [6, 6.07) is 11.4. The van der Waals surface area contributed by atoms with Gasteiger partial charge in [0, 0.05) is 12.7 Å². The summed E-state index contributed by atoms with van der Waals surface area (Å²) < 4.78 is 1.75. The van der Waals surface area contributed by atoms with Crippen LogP contribution in [0.15, 0.2) is 48.9 Å². The fraction of sp³-hybridized carbons (Fsp3) is 0.133. The molecule has 0 fully saturated rings. The van der Waals surface area contributed by atoms with Gasteiger partial charge in [-0.2, -0.15) is 0 Å². The SMILES string of the molecule is Cc1ccc(CNC(=O)Nc2ccc3nncn3c2)cc1. The number of hydrogen-bond acceptors (Lipinski definition) is 3. The molecule has 0 bridgehead atoms. The maximum Gasteiger partial charge on any atom is 0.319 e. The summed E-state index contributed by atoms with van der Waals surface area (Å²) in [4.78, 5) is 11.9. The van der Waals surface area contributed by atoms with Gasteiger partial charge in [0.1, 0.15) is 6.33 Å². The number of urea groups is 1. The minimum absolute atomic E-state index is 0.247. The molecule has 3 rings (SSSR count). The van der Waals surface area contributed by atoms with Crippen LogP contribution < -0.4 is 10.6 Å². The number of benzene rings is 1. The maximum absolute atomic E-state index is 11.9. The third-order valence-corrected chi connectivity index (χ3v) is 3.12. The van der Waals surface area contributed by atoms with Gasteiger partial charge in [-0.3, -0.25) is 4.40 Å². The van der Waals surface area contributed by atoms with Crippen LogP contribution in [0.4, 0.5) is 10.5 Å².